The highest BCUT2D eigenvalue weighted by atomic mass is 35.5. The smallest absolute Gasteiger partial charge is 0.277 e. The molecule has 4 N–H and O–H groups in total. The van der Waals surface area contributed by atoms with Crippen molar-refractivity contribution < 1.29 is 15.1 Å². The number of phenols is 1. The number of nitro benzene ring substituents is 1. The summed E-state index contributed by atoms with van der Waals surface area (Å²) < 4.78 is 0. The van der Waals surface area contributed by atoms with Gasteiger partial charge in [0.15, 0.2) is 0 Å². The van der Waals surface area contributed by atoms with Crippen LogP contribution in [0.5, 0.6) is 5.75 Å². The van der Waals surface area contributed by atoms with Crippen molar-refractivity contribution in [2.24, 2.45) is 11.1 Å². The lowest BCUT2D eigenvalue weighted by molar-refractivity contribution is -0.386. The third-order valence-corrected chi connectivity index (χ3v) is 3.15. The Morgan fingerprint density at radius 1 is 1.47 bits per heavy atom. The lowest BCUT2D eigenvalue weighted by Gasteiger charge is -2.30. The summed E-state index contributed by atoms with van der Waals surface area (Å²) in [6.45, 7) is 4.77. The molecule has 0 spiro atoms. The van der Waals surface area contributed by atoms with E-state index in [4.69, 9.17) is 5.73 Å². The van der Waals surface area contributed by atoms with E-state index in [9.17, 15) is 20.3 Å². The highest BCUT2D eigenvalue weighted by Gasteiger charge is 2.34. The van der Waals surface area contributed by atoms with Crippen LogP contribution in [0.3, 0.4) is 0 Å². The van der Waals surface area contributed by atoms with Crippen LogP contribution < -0.4 is 5.73 Å². The van der Waals surface area contributed by atoms with Gasteiger partial charge in [-0.3, -0.25) is 10.1 Å². The van der Waals surface area contributed by atoms with Crippen molar-refractivity contribution in [1.29, 1.82) is 0 Å². The average Bonchev–Trinajstić information content (AvgIpc) is 2.31. The van der Waals surface area contributed by atoms with E-state index >= 15 is 0 Å². The molecule has 0 aromatic heterocycles. The van der Waals surface area contributed by atoms with E-state index in [2.05, 4.69) is 0 Å². The Morgan fingerprint density at radius 2 is 2.00 bits per heavy atom. The molecule has 0 fully saturated rings. The Hall–Kier alpha value is -1.37. The number of halogens is 1. The molecule has 108 valence electrons. The third-order valence-electron chi connectivity index (χ3n) is 3.15. The second-order valence-electron chi connectivity index (χ2n) is 5.05. The molecule has 0 unspecified atom stereocenters. The molecule has 1 rings (SSSR count). The Morgan fingerprint density at radius 3 is 2.42 bits per heavy atom. The van der Waals surface area contributed by atoms with Gasteiger partial charge < -0.3 is 15.9 Å². The van der Waals surface area contributed by atoms with Crippen LogP contribution in [0.25, 0.3) is 0 Å². The maximum absolute atomic E-state index is 11.0. The molecular weight excluding hydrogens is 272 g/mol. The van der Waals surface area contributed by atoms with E-state index in [1.54, 1.807) is 20.8 Å². The van der Waals surface area contributed by atoms with Gasteiger partial charge in [-0.2, -0.15) is 0 Å². The predicted octanol–water partition coefficient (Wildman–Crippen LogP) is 2.05. The summed E-state index contributed by atoms with van der Waals surface area (Å²) in [6.07, 6.45) is 0. The van der Waals surface area contributed by atoms with Gasteiger partial charge in [0, 0.05) is 24.1 Å². The zero-order valence-electron chi connectivity index (χ0n) is 11.1. The van der Waals surface area contributed by atoms with Crippen LogP contribution in [0, 0.1) is 22.5 Å². The largest absolute Gasteiger partial charge is 0.507 e. The molecule has 0 aliphatic carbocycles. The highest BCUT2D eigenvalue weighted by Crippen LogP contribution is 2.41. The fourth-order valence-electron chi connectivity index (χ4n) is 1.66. The fraction of sp³-hybridized carbons (Fsp3) is 0.500. The number of rotatable bonds is 4. The zero-order valence-corrected chi connectivity index (χ0v) is 11.9. The first-order chi connectivity index (χ1) is 8.22. The molecule has 1 aromatic carbocycles. The van der Waals surface area contributed by atoms with Crippen molar-refractivity contribution in [1.82, 2.24) is 0 Å². The molecule has 0 bridgehead atoms. The summed E-state index contributed by atoms with van der Waals surface area (Å²) in [6, 6.07) is 1.95. The molecule has 19 heavy (non-hydrogen) atoms. The van der Waals surface area contributed by atoms with Crippen LogP contribution in [-0.4, -0.2) is 21.7 Å². The van der Waals surface area contributed by atoms with Gasteiger partial charge in [-0.25, -0.2) is 0 Å². The SMILES string of the molecule is Cc1ccc([N+](=O)[O-])c([C@H](N)C(C)(C)CO)c1O.Cl. The minimum Gasteiger partial charge on any atom is -0.507 e. The quantitative estimate of drug-likeness (QED) is 0.581. The van der Waals surface area contributed by atoms with Gasteiger partial charge in [-0.15, -0.1) is 12.4 Å². The highest BCUT2D eigenvalue weighted by molar-refractivity contribution is 5.85. The fourth-order valence-corrected chi connectivity index (χ4v) is 1.66. The molecule has 0 aliphatic rings. The molecule has 0 heterocycles. The number of nitrogens with zero attached hydrogens (tertiary/aromatic N) is 1. The Balaban J connectivity index is 0.00000324. The van der Waals surface area contributed by atoms with E-state index in [1.165, 1.54) is 12.1 Å². The normalized spacial score (nSPS) is 12.7. The minimum atomic E-state index is -0.831. The molecule has 1 aromatic rings. The third kappa shape index (κ3) is 3.34. The summed E-state index contributed by atoms with van der Waals surface area (Å²) >= 11 is 0. The van der Waals surface area contributed by atoms with E-state index in [0.29, 0.717) is 5.56 Å². The second-order valence-corrected chi connectivity index (χ2v) is 5.05. The number of nitro groups is 1. The molecule has 0 saturated carbocycles. The number of aromatic hydroxyl groups is 1. The Labute approximate surface area is 117 Å². The Kier molecular flexibility index (Phi) is 5.74. The van der Waals surface area contributed by atoms with Crippen molar-refractivity contribution in [2.75, 3.05) is 6.61 Å². The summed E-state index contributed by atoms with van der Waals surface area (Å²) in [5, 5.41) is 30.3. The van der Waals surface area contributed by atoms with Gasteiger partial charge >= 0.3 is 0 Å². The van der Waals surface area contributed by atoms with Crippen molar-refractivity contribution >= 4 is 18.1 Å². The lowest BCUT2D eigenvalue weighted by Crippen LogP contribution is -2.33. The maximum Gasteiger partial charge on any atom is 0.277 e. The first-order valence-electron chi connectivity index (χ1n) is 5.55. The first-order valence-corrected chi connectivity index (χ1v) is 5.55. The van der Waals surface area contributed by atoms with Crippen LogP contribution >= 0.6 is 12.4 Å². The van der Waals surface area contributed by atoms with E-state index in [-0.39, 0.29) is 36.0 Å². The predicted molar refractivity (Wildman–Crippen MR) is 74.5 cm³/mol. The van der Waals surface area contributed by atoms with Gasteiger partial charge in [0.25, 0.3) is 5.69 Å². The molecular formula is C12H19ClN2O4. The number of aliphatic hydroxyl groups excluding tert-OH is 1. The van der Waals surface area contributed by atoms with E-state index in [0.717, 1.165) is 0 Å². The second kappa shape index (κ2) is 6.18. The number of phenolic OH excluding ortho intramolecular Hbond substituents is 1. The molecule has 0 radical (unpaired) electrons. The monoisotopic (exact) mass is 290 g/mol. The number of hydrogen-bond donors (Lipinski definition) is 3. The molecule has 0 aliphatic heterocycles. The summed E-state index contributed by atoms with van der Waals surface area (Å²) in [5.74, 6) is -0.182. The molecule has 7 heteroatoms. The molecule has 0 amide bonds. The number of benzene rings is 1. The van der Waals surface area contributed by atoms with Gasteiger partial charge in [0.2, 0.25) is 0 Å². The zero-order chi connectivity index (χ0) is 14.1. The van der Waals surface area contributed by atoms with Crippen LogP contribution in [0.1, 0.15) is 31.0 Å². The number of nitrogens with two attached hydrogens (primary N) is 1. The van der Waals surface area contributed by atoms with Gasteiger partial charge in [0.1, 0.15) is 5.75 Å². The maximum atomic E-state index is 11.0. The van der Waals surface area contributed by atoms with Crippen LogP contribution in [-0.2, 0) is 0 Å². The molecule has 0 saturated heterocycles. The van der Waals surface area contributed by atoms with Gasteiger partial charge in [0.05, 0.1) is 10.5 Å². The van der Waals surface area contributed by atoms with E-state index in [1.807, 2.05) is 0 Å². The Bertz CT molecular complexity index is 477. The van der Waals surface area contributed by atoms with E-state index < -0.39 is 16.4 Å². The van der Waals surface area contributed by atoms with Crippen molar-refractivity contribution in [3.05, 3.63) is 33.4 Å². The number of hydrogen-bond acceptors (Lipinski definition) is 5. The molecule has 6 nitrogen and oxygen atoms in total. The average molecular weight is 291 g/mol. The molecule has 1 atom stereocenters. The summed E-state index contributed by atoms with van der Waals surface area (Å²) in [4.78, 5) is 10.4. The van der Waals surface area contributed by atoms with Crippen molar-refractivity contribution in [3.63, 3.8) is 0 Å². The standard InChI is InChI=1S/C12H18N2O4.ClH/c1-7-4-5-8(14(17)18)9(10(7)16)11(13)12(2,3)6-15;/h4-5,11,15-16H,6,13H2,1-3H3;1H/t11-;/m0./s1. The first kappa shape index (κ1) is 17.6. The summed E-state index contributed by atoms with van der Waals surface area (Å²) in [7, 11) is 0. The summed E-state index contributed by atoms with van der Waals surface area (Å²) in [5.41, 5.74) is 5.55. The van der Waals surface area contributed by atoms with Crippen molar-refractivity contribution in [2.45, 2.75) is 26.8 Å². The van der Waals surface area contributed by atoms with Crippen LogP contribution in [0.15, 0.2) is 12.1 Å². The number of aliphatic hydroxyl groups is 1. The minimum absolute atomic E-state index is 0. The van der Waals surface area contributed by atoms with Crippen LogP contribution in [0.4, 0.5) is 5.69 Å². The number of aryl methyl sites for hydroxylation is 1. The van der Waals surface area contributed by atoms with Crippen LogP contribution in [0.2, 0.25) is 0 Å². The topological polar surface area (TPSA) is 110 Å². The lowest BCUT2D eigenvalue weighted by atomic mass is 9.80. The van der Waals surface area contributed by atoms with Gasteiger partial charge in [-0.05, 0) is 18.6 Å². The van der Waals surface area contributed by atoms with Crippen molar-refractivity contribution in [3.8, 4) is 5.75 Å². The van der Waals surface area contributed by atoms with Gasteiger partial charge in [-0.1, -0.05) is 13.8 Å².